The first kappa shape index (κ1) is 14.7. The highest BCUT2D eigenvalue weighted by Gasteiger charge is 2.17. The highest BCUT2D eigenvalue weighted by atomic mass is 79.9. The Kier molecular flexibility index (Phi) is 4.20. The van der Waals surface area contributed by atoms with Crippen LogP contribution in [0.2, 0.25) is 0 Å². The van der Waals surface area contributed by atoms with E-state index in [4.69, 9.17) is 0 Å². The van der Waals surface area contributed by atoms with Gasteiger partial charge < -0.3 is 5.32 Å². The van der Waals surface area contributed by atoms with Crippen LogP contribution in [0.1, 0.15) is 35.4 Å². The van der Waals surface area contributed by atoms with E-state index in [1.54, 1.807) is 29.2 Å². The zero-order chi connectivity index (χ0) is 15.5. The van der Waals surface area contributed by atoms with Crippen LogP contribution < -0.4 is 5.32 Å². The van der Waals surface area contributed by atoms with Crippen molar-refractivity contribution in [3.05, 3.63) is 64.8 Å². The van der Waals surface area contributed by atoms with E-state index in [9.17, 15) is 4.79 Å². The zero-order valence-electron chi connectivity index (χ0n) is 12.0. The standard InChI is InChI=1S/C16H15BrN4O/c1-2-13(11-3-5-12(17)6-4-11)20-16(22)14-9-19-15-10-18-7-8-21(14)15/h3-10,13H,2H2,1H3,(H,20,22). The Balaban J connectivity index is 1.84. The number of fused-ring (bicyclic) bond motifs is 1. The number of rotatable bonds is 4. The molecule has 2 heterocycles. The third-order valence-electron chi connectivity index (χ3n) is 3.54. The number of nitrogens with zero attached hydrogens (tertiary/aromatic N) is 3. The van der Waals surface area contributed by atoms with Gasteiger partial charge in [-0.05, 0) is 24.1 Å². The van der Waals surface area contributed by atoms with Gasteiger partial charge in [0.2, 0.25) is 0 Å². The second kappa shape index (κ2) is 6.27. The molecule has 0 radical (unpaired) electrons. The molecule has 2 aromatic heterocycles. The molecule has 1 aromatic carbocycles. The quantitative estimate of drug-likeness (QED) is 0.777. The molecule has 0 aliphatic rings. The summed E-state index contributed by atoms with van der Waals surface area (Å²) in [5, 5.41) is 3.06. The van der Waals surface area contributed by atoms with E-state index in [1.807, 2.05) is 31.2 Å². The predicted molar refractivity (Wildman–Crippen MR) is 87.6 cm³/mol. The van der Waals surface area contributed by atoms with Crippen LogP contribution in [0.25, 0.3) is 5.65 Å². The van der Waals surface area contributed by atoms with E-state index in [0.29, 0.717) is 11.3 Å². The molecule has 1 unspecified atom stereocenters. The highest BCUT2D eigenvalue weighted by Crippen LogP contribution is 2.20. The van der Waals surface area contributed by atoms with Crippen LogP contribution in [0.3, 0.4) is 0 Å². The van der Waals surface area contributed by atoms with Crippen molar-refractivity contribution < 1.29 is 4.79 Å². The molecule has 0 bridgehead atoms. The Labute approximate surface area is 136 Å². The molecule has 0 aliphatic carbocycles. The van der Waals surface area contributed by atoms with Crippen molar-refractivity contribution in [3.8, 4) is 0 Å². The summed E-state index contributed by atoms with van der Waals surface area (Å²) in [4.78, 5) is 20.7. The molecular weight excluding hydrogens is 344 g/mol. The molecule has 1 atom stereocenters. The number of nitrogens with one attached hydrogen (secondary N) is 1. The second-order valence-electron chi connectivity index (χ2n) is 4.93. The van der Waals surface area contributed by atoms with Crippen LogP contribution in [-0.2, 0) is 0 Å². The molecule has 0 saturated heterocycles. The van der Waals surface area contributed by atoms with E-state index < -0.39 is 0 Å². The number of hydrogen-bond acceptors (Lipinski definition) is 3. The molecule has 0 saturated carbocycles. The topological polar surface area (TPSA) is 59.3 Å². The Hall–Kier alpha value is -2.21. The lowest BCUT2D eigenvalue weighted by molar-refractivity contribution is 0.0929. The van der Waals surface area contributed by atoms with E-state index >= 15 is 0 Å². The summed E-state index contributed by atoms with van der Waals surface area (Å²) in [6, 6.07) is 7.94. The van der Waals surface area contributed by atoms with Crippen molar-refractivity contribution >= 4 is 27.5 Å². The molecule has 0 spiro atoms. The Morgan fingerprint density at radius 1 is 1.32 bits per heavy atom. The average molecular weight is 359 g/mol. The third kappa shape index (κ3) is 2.87. The number of imidazole rings is 1. The number of benzene rings is 1. The van der Waals surface area contributed by atoms with Gasteiger partial charge in [-0.2, -0.15) is 0 Å². The highest BCUT2D eigenvalue weighted by molar-refractivity contribution is 9.10. The first-order chi connectivity index (χ1) is 10.7. The Morgan fingerprint density at radius 2 is 2.09 bits per heavy atom. The summed E-state index contributed by atoms with van der Waals surface area (Å²) < 4.78 is 2.75. The first-order valence-corrected chi connectivity index (χ1v) is 7.81. The second-order valence-corrected chi connectivity index (χ2v) is 5.85. The summed E-state index contributed by atoms with van der Waals surface area (Å²) in [6.45, 7) is 2.05. The molecule has 6 heteroatoms. The maximum absolute atomic E-state index is 12.5. The summed E-state index contributed by atoms with van der Waals surface area (Å²) in [7, 11) is 0. The van der Waals surface area contributed by atoms with Crippen molar-refractivity contribution in [1.29, 1.82) is 0 Å². The molecule has 1 N–H and O–H groups in total. The van der Waals surface area contributed by atoms with Crippen LogP contribution in [0.4, 0.5) is 0 Å². The molecular formula is C16H15BrN4O. The molecule has 5 nitrogen and oxygen atoms in total. The molecule has 3 aromatic rings. The fraction of sp³-hybridized carbons (Fsp3) is 0.188. The van der Waals surface area contributed by atoms with Crippen molar-refractivity contribution in [1.82, 2.24) is 19.7 Å². The Morgan fingerprint density at radius 3 is 2.82 bits per heavy atom. The van der Waals surface area contributed by atoms with Gasteiger partial charge in [0.25, 0.3) is 5.91 Å². The summed E-state index contributed by atoms with van der Waals surface area (Å²) in [5.41, 5.74) is 2.24. The number of halogens is 1. The van der Waals surface area contributed by atoms with Crippen molar-refractivity contribution in [3.63, 3.8) is 0 Å². The summed E-state index contributed by atoms with van der Waals surface area (Å²) in [6.07, 6.45) is 7.38. The van der Waals surface area contributed by atoms with E-state index in [2.05, 4.69) is 31.2 Å². The lowest BCUT2D eigenvalue weighted by Crippen LogP contribution is -2.29. The maximum Gasteiger partial charge on any atom is 0.270 e. The zero-order valence-corrected chi connectivity index (χ0v) is 13.6. The fourth-order valence-electron chi connectivity index (χ4n) is 2.36. The summed E-state index contributed by atoms with van der Waals surface area (Å²) >= 11 is 3.42. The monoisotopic (exact) mass is 358 g/mol. The SMILES string of the molecule is CCC(NC(=O)c1cnc2cnccn12)c1ccc(Br)cc1. The number of hydrogen-bond donors (Lipinski definition) is 1. The number of amides is 1. The molecule has 3 rings (SSSR count). The van der Waals surface area contributed by atoms with Gasteiger partial charge in [-0.1, -0.05) is 35.0 Å². The largest absolute Gasteiger partial charge is 0.344 e. The molecule has 1 amide bonds. The minimum Gasteiger partial charge on any atom is -0.344 e. The smallest absolute Gasteiger partial charge is 0.270 e. The summed E-state index contributed by atoms with van der Waals surface area (Å²) in [5.74, 6) is -0.145. The van der Waals surface area contributed by atoms with Crippen LogP contribution in [0.5, 0.6) is 0 Å². The van der Waals surface area contributed by atoms with Gasteiger partial charge in [0.15, 0.2) is 5.65 Å². The predicted octanol–water partition coefficient (Wildman–Crippen LogP) is 3.37. The van der Waals surface area contributed by atoms with Gasteiger partial charge in [0, 0.05) is 16.9 Å². The van der Waals surface area contributed by atoms with Crippen molar-refractivity contribution in [2.24, 2.45) is 0 Å². The lowest BCUT2D eigenvalue weighted by atomic mass is 10.0. The van der Waals surface area contributed by atoms with Gasteiger partial charge in [-0.3, -0.25) is 14.2 Å². The number of carbonyl (C=O) groups is 1. The molecule has 112 valence electrons. The molecule has 22 heavy (non-hydrogen) atoms. The van der Waals surface area contributed by atoms with E-state index in [1.165, 1.54) is 0 Å². The van der Waals surface area contributed by atoms with Gasteiger partial charge in [0.1, 0.15) is 5.69 Å². The minimum absolute atomic E-state index is 0.0343. The van der Waals surface area contributed by atoms with Crippen LogP contribution in [0.15, 0.2) is 53.5 Å². The van der Waals surface area contributed by atoms with Crippen molar-refractivity contribution in [2.45, 2.75) is 19.4 Å². The van der Waals surface area contributed by atoms with Crippen LogP contribution in [-0.4, -0.2) is 20.3 Å². The van der Waals surface area contributed by atoms with Gasteiger partial charge in [-0.25, -0.2) is 4.98 Å². The van der Waals surface area contributed by atoms with Gasteiger partial charge in [0.05, 0.1) is 18.4 Å². The van der Waals surface area contributed by atoms with Crippen LogP contribution >= 0.6 is 15.9 Å². The minimum atomic E-state index is -0.145. The molecule has 0 fully saturated rings. The Bertz CT molecular complexity index is 797. The normalized spacial score (nSPS) is 12.3. The fourth-order valence-corrected chi connectivity index (χ4v) is 2.62. The third-order valence-corrected chi connectivity index (χ3v) is 4.06. The number of aromatic nitrogens is 3. The van der Waals surface area contributed by atoms with E-state index in [-0.39, 0.29) is 11.9 Å². The lowest BCUT2D eigenvalue weighted by Gasteiger charge is -2.17. The first-order valence-electron chi connectivity index (χ1n) is 7.02. The van der Waals surface area contributed by atoms with Crippen LogP contribution in [0, 0.1) is 0 Å². The van der Waals surface area contributed by atoms with Crippen molar-refractivity contribution in [2.75, 3.05) is 0 Å². The van der Waals surface area contributed by atoms with Gasteiger partial charge in [-0.15, -0.1) is 0 Å². The maximum atomic E-state index is 12.5. The van der Waals surface area contributed by atoms with E-state index in [0.717, 1.165) is 16.5 Å². The number of carbonyl (C=O) groups excluding carboxylic acids is 1. The van der Waals surface area contributed by atoms with Gasteiger partial charge >= 0.3 is 0 Å². The average Bonchev–Trinajstić information content (AvgIpc) is 2.97. The molecule has 0 aliphatic heterocycles.